The van der Waals surface area contributed by atoms with Gasteiger partial charge >= 0.3 is 0 Å². The number of aliphatic hydroxyl groups is 1. The standard InChI is InChI=1S/C15H26O4S/c1-10(2)11-5-7-14(3,16)12-6-8-15(4,13(12)9-11)20(17,18)19/h9-10,12-13,16H,5-8H2,1-4H3,(H,17,18,19)/t12?,13?,14-,15+/m0/s1. The molecule has 116 valence electrons. The molecule has 2 aliphatic carbocycles. The van der Waals surface area contributed by atoms with Crippen LogP contribution in [-0.4, -0.2) is 28.4 Å². The van der Waals surface area contributed by atoms with Gasteiger partial charge in [-0.25, -0.2) is 0 Å². The third-order valence-electron chi connectivity index (χ3n) is 5.53. The van der Waals surface area contributed by atoms with Gasteiger partial charge in [0.1, 0.15) is 4.75 Å². The highest BCUT2D eigenvalue weighted by Gasteiger charge is 2.57. The third kappa shape index (κ3) is 2.44. The van der Waals surface area contributed by atoms with Crippen molar-refractivity contribution in [3.8, 4) is 0 Å². The maximum Gasteiger partial charge on any atom is 0.270 e. The van der Waals surface area contributed by atoms with E-state index in [4.69, 9.17) is 0 Å². The fraction of sp³-hybridized carbons (Fsp3) is 0.867. The smallest absolute Gasteiger partial charge is 0.270 e. The van der Waals surface area contributed by atoms with Gasteiger partial charge < -0.3 is 5.11 Å². The van der Waals surface area contributed by atoms with E-state index in [0.29, 0.717) is 25.2 Å². The molecule has 0 amide bonds. The van der Waals surface area contributed by atoms with Crippen LogP contribution in [0.3, 0.4) is 0 Å². The van der Waals surface area contributed by atoms with E-state index in [2.05, 4.69) is 13.8 Å². The molecule has 1 fully saturated rings. The fourth-order valence-electron chi connectivity index (χ4n) is 3.88. The van der Waals surface area contributed by atoms with Gasteiger partial charge in [-0.05, 0) is 51.4 Å². The molecule has 2 aliphatic rings. The van der Waals surface area contributed by atoms with E-state index in [-0.39, 0.29) is 11.8 Å². The largest absolute Gasteiger partial charge is 0.390 e. The van der Waals surface area contributed by atoms with Crippen molar-refractivity contribution in [3.05, 3.63) is 11.6 Å². The minimum absolute atomic E-state index is 0.106. The highest BCUT2D eigenvalue weighted by molar-refractivity contribution is 7.87. The zero-order chi connectivity index (χ0) is 15.3. The molecule has 4 atom stereocenters. The van der Waals surface area contributed by atoms with Crippen LogP contribution < -0.4 is 0 Å². The van der Waals surface area contributed by atoms with Crippen molar-refractivity contribution in [2.45, 2.75) is 63.7 Å². The Bertz CT molecular complexity index is 518. The number of hydrogen-bond acceptors (Lipinski definition) is 3. The molecular formula is C15H26O4S. The predicted molar refractivity (Wildman–Crippen MR) is 78.9 cm³/mol. The van der Waals surface area contributed by atoms with Crippen LogP contribution in [0, 0.1) is 17.8 Å². The Kier molecular flexibility index (Phi) is 3.85. The van der Waals surface area contributed by atoms with Crippen LogP contribution in [0.1, 0.15) is 53.4 Å². The normalized spacial score (nSPS) is 42.2. The molecule has 0 aliphatic heterocycles. The summed E-state index contributed by atoms with van der Waals surface area (Å²) in [4.78, 5) is 0. The summed E-state index contributed by atoms with van der Waals surface area (Å²) >= 11 is 0. The molecule has 0 saturated heterocycles. The lowest BCUT2D eigenvalue weighted by Gasteiger charge is -2.35. The fourth-order valence-corrected chi connectivity index (χ4v) is 4.84. The second kappa shape index (κ2) is 4.82. The summed E-state index contributed by atoms with van der Waals surface area (Å²) in [6.45, 7) is 7.58. The van der Waals surface area contributed by atoms with Crippen LogP contribution in [0.25, 0.3) is 0 Å². The topological polar surface area (TPSA) is 74.6 Å². The first kappa shape index (κ1) is 16.0. The van der Waals surface area contributed by atoms with Crippen LogP contribution in [0.4, 0.5) is 0 Å². The van der Waals surface area contributed by atoms with Gasteiger partial charge in [0.25, 0.3) is 10.1 Å². The minimum Gasteiger partial charge on any atom is -0.390 e. The van der Waals surface area contributed by atoms with E-state index in [1.54, 1.807) is 13.8 Å². The van der Waals surface area contributed by atoms with Crippen molar-refractivity contribution < 1.29 is 18.1 Å². The molecule has 4 nitrogen and oxygen atoms in total. The number of hydrogen-bond donors (Lipinski definition) is 2. The van der Waals surface area contributed by atoms with E-state index < -0.39 is 20.5 Å². The molecule has 0 spiro atoms. The molecule has 0 aromatic rings. The van der Waals surface area contributed by atoms with Crippen molar-refractivity contribution >= 4 is 10.1 Å². The first-order valence-corrected chi connectivity index (χ1v) is 8.83. The van der Waals surface area contributed by atoms with E-state index in [9.17, 15) is 18.1 Å². The summed E-state index contributed by atoms with van der Waals surface area (Å²) in [5.74, 6) is -0.0890. The van der Waals surface area contributed by atoms with Gasteiger partial charge in [0.15, 0.2) is 0 Å². The summed E-state index contributed by atoms with van der Waals surface area (Å²) < 4.78 is 32.2. The Hall–Kier alpha value is -0.390. The monoisotopic (exact) mass is 302 g/mol. The van der Waals surface area contributed by atoms with Gasteiger partial charge in [0.05, 0.1) is 5.60 Å². The highest BCUT2D eigenvalue weighted by atomic mass is 32.2. The number of allylic oxidation sites excluding steroid dienone is 2. The molecule has 0 aromatic carbocycles. The molecule has 0 bridgehead atoms. The zero-order valence-electron chi connectivity index (χ0n) is 12.8. The molecule has 20 heavy (non-hydrogen) atoms. The first-order chi connectivity index (χ1) is 8.99. The van der Waals surface area contributed by atoms with Crippen LogP contribution >= 0.6 is 0 Å². The lowest BCUT2D eigenvalue weighted by atomic mass is 9.78. The molecule has 0 aromatic heterocycles. The summed E-state index contributed by atoms with van der Waals surface area (Å²) in [7, 11) is -4.14. The molecule has 5 heteroatoms. The maximum atomic E-state index is 11.9. The summed E-state index contributed by atoms with van der Waals surface area (Å²) in [6.07, 6.45) is 4.51. The van der Waals surface area contributed by atoms with E-state index >= 15 is 0 Å². The van der Waals surface area contributed by atoms with E-state index in [1.165, 1.54) is 5.57 Å². The van der Waals surface area contributed by atoms with E-state index in [0.717, 1.165) is 6.42 Å². The summed E-state index contributed by atoms with van der Waals surface area (Å²) in [6, 6.07) is 0. The second-order valence-electron chi connectivity index (χ2n) is 7.21. The Morgan fingerprint density at radius 3 is 2.40 bits per heavy atom. The van der Waals surface area contributed by atoms with Gasteiger partial charge in [-0.1, -0.05) is 25.5 Å². The van der Waals surface area contributed by atoms with Gasteiger partial charge in [0.2, 0.25) is 0 Å². The van der Waals surface area contributed by atoms with Gasteiger partial charge in [-0.2, -0.15) is 8.42 Å². The molecule has 0 heterocycles. The zero-order valence-corrected chi connectivity index (χ0v) is 13.6. The second-order valence-corrected chi connectivity index (χ2v) is 9.09. The molecule has 0 radical (unpaired) electrons. The van der Waals surface area contributed by atoms with Crippen LogP contribution in [0.2, 0.25) is 0 Å². The van der Waals surface area contributed by atoms with Gasteiger partial charge in [-0.3, -0.25) is 4.55 Å². The Morgan fingerprint density at radius 2 is 1.90 bits per heavy atom. The van der Waals surface area contributed by atoms with Crippen LogP contribution in [-0.2, 0) is 10.1 Å². The average molecular weight is 302 g/mol. The lowest BCUT2D eigenvalue weighted by molar-refractivity contribution is -0.0161. The Morgan fingerprint density at radius 1 is 1.30 bits per heavy atom. The molecule has 2 N–H and O–H groups in total. The van der Waals surface area contributed by atoms with Gasteiger partial charge in [-0.15, -0.1) is 0 Å². The summed E-state index contributed by atoms with van der Waals surface area (Å²) in [5.41, 5.74) is 0.315. The Balaban J connectivity index is 2.53. The predicted octanol–water partition coefficient (Wildman–Crippen LogP) is 2.79. The van der Waals surface area contributed by atoms with Crippen LogP contribution in [0.15, 0.2) is 11.6 Å². The highest BCUT2D eigenvalue weighted by Crippen LogP contribution is 2.53. The lowest BCUT2D eigenvalue weighted by Crippen LogP contribution is -2.44. The quantitative estimate of drug-likeness (QED) is 0.607. The first-order valence-electron chi connectivity index (χ1n) is 7.39. The van der Waals surface area contributed by atoms with Crippen molar-refractivity contribution in [3.63, 3.8) is 0 Å². The number of fused-ring (bicyclic) bond motifs is 1. The maximum absolute atomic E-state index is 11.9. The van der Waals surface area contributed by atoms with Crippen molar-refractivity contribution in [2.75, 3.05) is 0 Å². The summed E-state index contributed by atoms with van der Waals surface area (Å²) in [5, 5.41) is 10.7. The minimum atomic E-state index is -4.14. The van der Waals surface area contributed by atoms with E-state index in [1.807, 2.05) is 6.08 Å². The SMILES string of the molecule is CC(C)C1=CC2C(CC[C@@]2(C)S(=O)(=O)O)[C@@](C)(O)CC1. The van der Waals surface area contributed by atoms with Crippen molar-refractivity contribution in [1.29, 1.82) is 0 Å². The van der Waals surface area contributed by atoms with Crippen molar-refractivity contribution in [2.24, 2.45) is 17.8 Å². The van der Waals surface area contributed by atoms with Crippen LogP contribution in [0.5, 0.6) is 0 Å². The molecule has 2 unspecified atom stereocenters. The average Bonchev–Trinajstić information content (AvgIpc) is 2.55. The van der Waals surface area contributed by atoms with Crippen molar-refractivity contribution in [1.82, 2.24) is 0 Å². The molecular weight excluding hydrogens is 276 g/mol. The number of rotatable bonds is 2. The Labute approximate surface area is 122 Å². The molecule has 1 saturated carbocycles. The third-order valence-corrected chi connectivity index (χ3v) is 7.19. The molecule has 2 rings (SSSR count). The van der Waals surface area contributed by atoms with Gasteiger partial charge in [0, 0.05) is 5.92 Å².